The first-order chi connectivity index (χ1) is 11.9. The van der Waals surface area contributed by atoms with Crippen molar-refractivity contribution in [1.82, 2.24) is 9.99 Å². The lowest BCUT2D eigenvalue weighted by molar-refractivity contribution is -0.130. The van der Waals surface area contributed by atoms with Gasteiger partial charge in [0.2, 0.25) is 5.91 Å². The zero-order valence-corrected chi connectivity index (χ0v) is 14.8. The van der Waals surface area contributed by atoms with Crippen molar-refractivity contribution in [2.75, 3.05) is 12.4 Å². The van der Waals surface area contributed by atoms with E-state index in [0.29, 0.717) is 11.6 Å². The van der Waals surface area contributed by atoms with E-state index in [2.05, 4.69) is 15.4 Å². The van der Waals surface area contributed by atoms with Crippen LogP contribution in [0.15, 0.2) is 29.4 Å². The number of hydrogen-bond donors (Lipinski definition) is 1. The van der Waals surface area contributed by atoms with E-state index in [1.807, 2.05) is 0 Å². The van der Waals surface area contributed by atoms with E-state index < -0.39 is 5.91 Å². The summed E-state index contributed by atoms with van der Waals surface area (Å²) >= 11 is 7.34. The number of hydrazone groups is 1. The van der Waals surface area contributed by atoms with Crippen molar-refractivity contribution in [2.45, 2.75) is 19.3 Å². The molecule has 6 nitrogen and oxygen atoms in total. The number of thiazole rings is 1. The fourth-order valence-electron chi connectivity index (χ4n) is 2.33. The number of amides is 2. The number of carbonyl (C=O) groups is 2. The minimum absolute atomic E-state index is 0.133. The van der Waals surface area contributed by atoms with Gasteiger partial charge in [-0.1, -0.05) is 35.1 Å². The van der Waals surface area contributed by atoms with Crippen LogP contribution < -0.4 is 5.32 Å². The van der Waals surface area contributed by atoms with Crippen molar-refractivity contribution in [3.63, 3.8) is 0 Å². The van der Waals surface area contributed by atoms with E-state index in [0.717, 1.165) is 15.4 Å². The molecule has 1 N–H and O–H groups in total. The van der Waals surface area contributed by atoms with Crippen LogP contribution in [-0.2, 0) is 16.0 Å². The quantitative estimate of drug-likeness (QED) is 0.885. The van der Waals surface area contributed by atoms with Crippen molar-refractivity contribution < 1.29 is 14.0 Å². The molecule has 0 unspecified atom stereocenters. The Morgan fingerprint density at radius 1 is 1.44 bits per heavy atom. The van der Waals surface area contributed by atoms with E-state index in [9.17, 15) is 14.0 Å². The third-order valence-electron chi connectivity index (χ3n) is 3.59. The van der Waals surface area contributed by atoms with Gasteiger partial charge in [0.25, 0.3) is 5.91 Å². The number of aromatic nitrogens is 1. The van der Waals surface area contributed by atoms with Crippen molar-refractivity contribution in [2.24, 2.45) is 5.10 Å². The summed E-state index contributed by atoms with van der Waals surface area (Å²) in [6.45, 7) is 0. The number of halogens is 2. The van der Waals surface area contributed by atoms with Crippen molar-refractivity contribution in [3.8, 4) is 0 Å². The highest BCUT2D eigenvalue weighted by molar-refractivity contribution is 7.16. The van der Waals surface area contributed by atoms with Crippen LogP contribution in [0.1, 0.15) is 23.3 Å². The SMILES string of the molecule is CN1N=C(C(=O)Nc2nc(Cl)c(Cc3cccc(F)c3)s2)CCC1=O. The molecule has 0 saturated carbocycles. The first-order valence-corrected chi connectivity index (χ1v) is 8.67. The molecule has 2 amide bonds. The molecule has 0 bridgehead atoms. The molecule has 0 spiro atoms. The average Bonchev–Trinajstić information content (AvgIpc) is 2.89. The molecule has 0 fully saturated rings. The maximum atomic E-state index is 13.3. The van der Waals surface area contributed by atoms with Crippen LogP contribution in [0.5, 0.6) is 0 Å². The molecule has 25 heavy (non-hydrogen) atoms. The molecule has 2 aromatic rings. The largest absolute Gasteiger partial charge is 0.297 e. The number of nitrogens with one attached hydrogen (secondary N) is 1. The van der Waals surface area contributed by atoms with E-state index >= 15 is 0 Å². The van der Waals surface area contributed by atoms with Gasteiger partial charge in [0.05, 0.1) is 0 Å². The standard InChI is InChI=1S/C16H14ClFN4O2S/c1-22-13(23)6-5-11(21-22)15(24)20-16-19-14(17)12(25-16)8-9-3-2-4-10(18)7-9/h2-4,7H,5-6,8H2,1H3,(H,19,20,24). The number of hydrogen-bond acceptors (Lipinski definition) is 5. The number of rotatable bonds is 4. The van der Waals surface area contributed by atoms with Gasteiger partial charge in [-0.3, -0.25) is 14.9 Å². The summed E-state index contributed by atoms with van der Waals surface area (Å²) in [5, 5.41) is 8.36. The highest BCUT2D eigenvalue weighted by Gasteiger charge is 2.23. The first-order valence-electron chi connectivity index (χ1n) is 7.47. The second-order valence-electron chi connectivity index (χ2n) is 5.46. The lowest BCUT2D eigenvalue weighted by Crippen LogP contribution is -2.34. The molecule has 1 aromatic carbocycles. The van der Waals surface area contributed by atoms with Crippen LogP contribution in [0.2, 0.25) is 5.15 Å². The summed E-state index contributed by atoms with van der Waals surface area (Å²) in [5.41, 5.74) is 1.03. The van der Waals surface area contributed by atoms with Crippen LogP contribution >= 0.6 is 22.9 Å². The van der Waals surface area contributed by atoms with Gasteiger partial charge < -0.3 is 0 Å². The lowest BCUT2D eigenvalue weighted by atomic mass is 10.1. The number of carbonyl (C=O) groups excluding carboxylic acids is 2. The first kappa shape index (κ1) is 17.5. The topological polar surface area (TPSA) is 74.7 Å². The van der Waals surface area contributed by atoms with Gasteiger partial charge in [0.1, 0.15) is 16.7 Å². The van der Waals surface area contributed by atoms with Crippen LogP contribution in [0.25, 0.3) is 0 Å². The summed E-state index contributed by atoms with van der Waals surface area (Å²) in [6, 6.07) is 6.22. The van der Waals surface area contributed by atoms with E-state index in [4.69, 9.17) is 11.6 Å². The summed E-state index contributed by atoms with van der Waals surface area (Å²) in [4.78, 5) is 28.5. The van der Waals surface area contributed by atoms with Crippen LogP contribution in [0.3, 0.4) is 0 Å². The number of benzene rings is 1. The van der Waals surface area contributed by atoms with E-state index in [-0.39, 0.29) is 35.4 Å². The Morgan fingerprint density at radius 2 is 2.24 bits per heavy atom. The number of nitrogens with zero attached hydrogens (tertiary/aromatic N) is 3. The summed E-state index contributed by atoms with van der Waals surface area (Å²) in [7, 11) is 1.51. The molecular weight excluding hydrogens is 367 g/mol. The molecule has 1 aliphatic heterocycles. The second kappa shape index (κ2) is 7.28. The molecule has 0 saturated heterocycles. The molecular formula is C16H14ClFN4O2S. The van der Waals surface area contributed by atoms with Crippen LogP contribution in [-0.4, -0.2) is 34.6 Å². The van der Waals surface area contributed by atoms with E-state index in [1.165, 1.54) is 30.5 Å². The Kier molecular flexibility index (Phi) is 5.10. The molecule has 1 aromatic heterocycles. The molecule has 9 heteroatoms. The maximum Gasteiger partial charge on any atom is 0.273 e. The van der Waals surface area contributed by atoms with Gasteiger partial charge >= 0.3 is 0 Å². The van der Waals surface area contributed by atoms with Crippen LogP contribution in [0.4, 0.5) is 9.52 Å². The van der Waals surface area contributed by atoms with Crippen molar-refractivity contribution in [3.05, 3.63) is 45.7 Å². The van der Waals surface area contributed by atoms with Gasteiger partial charge in [-0.2, -0.15) is 5.10 Å². The predicted molar refractivity (Wildman–Crippen MR) is 94.4 cm³/mol. The van der Waals surface area contributed by atoms with Gasteiger partial charge in [0, 0.05) is 31.2 Å². The molecule has 2 heterocycles. The van der Waals surface area contributed by atoms with Gasteiger partial charge in [0.15, 0.2) is 5.13 Å². The summed E-state index contributed by atoms with van der Waals surface area (Å²) in [5.74, 6) is -0.867. The molecule has 0 atom stereocenters. The lowest BCUT2D eigenvalue weighted by Gasteiger charge is -2.18. The molecule has 0 aliphatic carbocycles. The second-order valence-corrected chi connectivity index (χ2v) is 6.90. The Bertz CT molecular complexity index is 868. The summed E-state index contributed by atoms with van der Waals surface area (Å²) < 4.78 is 13.3. The number of anilines is 1. The predicted octanol–water partition coefficient (Wildman–Crippen LogP) is 3.07. The van der Waals surface area contributed by atoms with Crippen molar-refractivity contribution in [1.29, 1.82) is 0 Å². The summed E-state index contributed by atoms with van der Waals surface area (Å²) in [6.07, 6.45) is 0.943. The average molecular weight is 381 g/mol. The molecule has 0 radical (unpaired) electrons. The van der Waals surface area contributed by atoms with Crippen LogP contribution in [0, 0.1) is 5.82 Å². The van der Waals surface area contributed by atoms with Gasteiger partial charge in [-0.15, -0.1) is 0 Å². The highest BCUT2D eigenvalue weighted by atomic mass is 35.5. The minimum Gasteiger partial charge on any atom is -0.297 e. The monoisotopic (exact) mass is 380 g/mol. The van der Waals surface area contributed by atoms with E-state index in [1.54, 1.807) is 12.1 Å². The molecule has 130 valence electrons. The fourth-order valence-corrected chi connectivity index (χ4v) is 3.53. The van der Waals surface area contributed by atoms with Crippen molar-refractivity contribution >= 4 is 45.6 Å². The Labute approximate surface area is 152 Å². The highest BCUT2D eigenvalue weighted by Crippen LogP contribution is 2.29. The minimum atomic E-state index is -0.415. The zero-order valence-electron chi connectivity index (χ0n) is 13.3. The molecule has 3 rings (SSSR count). The zero-order chi connectivity index (χ0) is 18.0. The smallest absolute Gasteiger partial charge is 0.273 e. The Morgan fingerprint density at radius 3 is 2.96 bits per heavy atom. The molecule has 1 aliphatic rings. The third kappa shape index (κ3) is 4.21. The third-order valence-corrected chi connectivity index (χ3v) is 4.99. The maximum absolute atomic E-state index is 13.3. The Hall–Kier alpha value is -2.32. The van der Waals surface area contributed by atoms with Gasteiger partial charge in [-0.05, 0) is 17.7 Å². The van der Waals surface area contributed by atoms with Gasteiger partial charge in [-0.25, -0.2) is 14.4 Å². The normalized spacial score (nSPS) is 14.4. The Balaban J connectivity index is 1.71. The fraction of sp³-hybridized carbons (Fsp3) is 0.250.